The zero-order valence-corrected chi connectivity index (χ0v) is 10.9. The second-order valence-corrected chi connectivity index (χ2v) is 4.21. The first-order valence-corrected chi connectivity index (χ1v) is 5.99. The fourth-order valence-corrected chi connectivity index (χ4v) is 1.78. The molecule has 1 amide bonds. The van der Waals surface area contributed by atoms with Crippen LogP contribution in [0.15, 0.2) is 42.6 Å². The van der Waals surface area contributed by atoms with Gasteiger partial charge in [0.1, 0.15) is 18.1 Å². The Labute approximate surface area is 119 Å². The van der Waals surface area contributed by atoms with Gasteiger partial charge in [0.25, 0.3) is 5.91 Å². The number of hydrogen-bond donors (Lipinski definition) is 2. The van der Waals surface area contributed by atoms with Gasteiger partial charge in [-0.1, -0.05) is 12.1 Å². The Hall–Kier alpha value is -2.96. The number of anilines is 2. The predicted octanol–water partition coefficient (Wildman–Crippen LogP) is 1.53. The van der Waals surface area contributed by atoms with Crippen molar-refractivity contribution >= 4 is 23.3 Å². The summed E-state index contributed by atoms with van der Waals surface area (Å²) in [6.07, 6.45) is 0.889. The molecule has 0 spiro atoms. The number of para-hydroxylation sites is 2. The topological polar surface area (TPSA) is 96.5 Å². The van der Waals surface area contributed by atoms with Crippen LogP contribution in [-0.4, -0.2) is 28.5 Å². The molecule has 6 nitrogen and oxygen atoms in total. The Morgan fingerprint density at radius 2 is 1.95 bits per heavy atom. The van der Waals surface area contributed by atoms with E-state index in [1.54, 1.807) is 18.2 Å². The first-order valence-electron chi connectivity index (χ1n) is 5.99. The third kappa shape index (κ3) is 3.33. The highest BCUT2D eigenvalue weighted by Crippen LogP contribution is 2.23. The number of nitrogens with zero attached hydrogens (tertiary/aromatic N) is 2. The van der Waals surface area contributed by atoms with Crippen molar-refractivity contribution < 1.29 is 19.1 Å². The van der Waals surface area contributed by atoms with Crippen molar-refractivity contribution in [1.29, 1.82) is 0 Å². The van der Waals surface area contributed by atoms with Crippen LogP contribution >= 0.6 is 0 Å². The van der Waals surface area contributed by atoms with E-state index in [1.807, 2.05) is 0 Å². The Bertz CT molecular complexity index is 673. The van der Waals surface area contributed by atoms with E-state index in [-0.39, 0.29) is 17.1 Å². The minimum Gasteiger partial charge on any atom is -0.480 e. The highest BCUT2D eigenvalue weighted by atomic mass is 19.1. The molecule has 0 atom stereocenters. The van der Waals surface area contributed by atoms with Gasteiger partial charge in [-0.2, -0.15) is 0 Å². The van der Waals surface area contributed by atoms with Gasteiger partial charge in [-0.15, -0.1) is 0 Å². The number of halogens is 1. The van der Waals surface area contributed by atoms with Crippen LogP contribution in [0.5, 0.6) is 0 Å². The molecule has 2 rings (SSSR count). The molecule has 21 heavy (non-hydrogen) atoms. The fourth-order valence-electron chi connectivity index (χ4n) is 1.78. The first-order chi connectivity index (χ1) is 9.99. The maximum Gasteiger partial charge on any atom is 0.323 e. The molecule has 2 aromatic rings. The molecule has 1 heterocycles. The van der Waals surface area contributed by atoms with Gasteiger partial charge in [0.2, 0.25) is 0 Å². The summed E-state index contributed by atoms with van der Waals surface area (Å²) >= 11 is 0. The molecular formula is C14H12FN3O3. The van der Waals surface area contributed by atoms with Crippen LogP contribution < -0.4 is 10.6 Å². The van der Waals surface area contributed by atoms with Crippen molar-refractivity contribution in [1.82, 2.24) is 4.98 Å². The van der Waals surface area contributed by atoms with Gasteiger partial charge in [0.15, 0.2) is 0 Å². The number of carbonyl (C=O) groups excluding carboxylic acids is 1. The lowest BCUT2D eigenvalue weighted by molar-refractivity contribution is -0.135. The summed E-state index contributed by atoms with van der Waals surface area (Å²) in [5.74, 6) is -2.46. The number of carbonyl (C=O) groups is 2. The third-order valence-corrected chi connectivity index (χ3v) is 2.71. The van der Waals surface area contributed by atoms with E-state index in [9.17, 15) is 14.0 Å². The molecule has 3 N–H and O–H groups in total. The van der Waals surface area contributed by atoms with Crippen molar-refractivity contribution in [3.05, 3.63) is 54.1 Å². The van der Waals surface area contributed by atoms with E-state index in [2.05, 4.69) is 4.98 Å². The lowest BCUT2D eigenvalue weighted by atomic mass is 10.2. The molecule has 7 heteroatoms. The maximum atomic E-state index is 12.8. The standard InChI is InChI=1S/C14H12FN3O3/c15-9-5-6-11(17-7-9)14(21)18(8-13(19)20)12-4-2-1-3-10(12)16/h1-7H,8,16H2,(H,19,20). The Balaban J connectivity index is 2.41. The quantitative estimate of drug-likeness (QED) is 0.832. The molecule has 0 aliphatic carbocycles. The van der Waals surface area contributed by atoms with Crippen molar-refractivity contribution in [2.75, 3.05) is 17.2 Å². The monoisotopic (exact) mass is 289 g/mol. The van der Waals surface area contributed by atoms with E-state index < -0.39 is 24.2 Å². The second kappa shape index (κ2) is 6.00. The van der Waals surface area contributed by atoms with E-state index in [0.29, 0.717) is 0 Å². The molecular weight excluding hydrogens is 277 g/mol. The summed E-state index contributed by atoms with van der Waals surface area (Å²) in [6.45, 7) is -0.577. The number of carboxylic acids is 1. The average molecular weight is 289 g/mol. The smallest absolute Gasteiger partial charge is 0.323 e. The molecule has 0 saturated carbocycles. The first kappa shape index (κ1) is 14.4. The van der Waals surface area contributed by atoms with E-state index >= 15 is 0 Å². The zero-order chi connectivity index (χ0) is 15.4. The molecule has 0 aliphatic rings. The van der Waals surface area contributed by atoms with Crippen LogP contribution in [-0.2, 0) is 4.79 Å². The second-order valence-electron chi connectivity index (χ2n) is 4.21. The van der Waals surface area contributed by atoms with Crippen molar-refractivity contribution in [2.24, 2.45) is 0 Å². The Kier molecular flexibility index (Phi) is 4.13. The van der Waals surface area contributed by atoms with Crippen LogP contribution in [0.25, 0.3) is 0 Å². The number of aliphatic carboxylic acids is 1. The SMILES string of the molecule is Nc1ccccc1N(CC(=O)O)C(=O)c1ccc(F)cn1. The van der Waals surface area contributed by atoms with Gasteiger partial charge in [-0.3, -0.25) is 14.5 Å². The number of pyridine rings is 1. The number of benzene rings is 1. The Morgan fingerprint density at radius 3 is 2.52 bits per heavy atom. The highest BCUT2D eigenvalue weighted by molar-refractivity contribution is 6.08. The van der Waals surface area contributed by atoms with Crippen LogP contribution in [0.1, 0.15) is 10.5 Å². The van der Waals surface area contributed by atoms with Gasteiger partial charge in [0.05, 0.1) is 17.6 Å². The van der Waals surface area contributed by atoms with Crippen molar-refractivity contribution in [3.8, 4) is 0 Å². The van der Waals surface area contributed by atoms with Crippen LogP contribution in [0.3, 0.4) is 0 Å². The van der Waals surface area contributed by atoms with Crippen LogP contribution in [0.2, 0.25) is 0 Å². The van der Waals surface area contributed by atoms with Gasteiger partial charge in [-0.25, -0.2) is 9.37 Å². The van der Waals surface area contributed by atoms with Crippen LogP contribution in [0.4, 0.5) is 15.8 Å². The molecule has 0 radical (unpaired) electrons. The highest BCUT2D eigenvalue weighted by Gasteiger charge is 2.23. The molecule has 0 bridgehead atoms. The van der Waals surface area contributed by atoms with E-state index in [1.165, 1.54) is 12.1 Å². The molecule has 0 saturated heterocycles. The van der Waals surface area contributed by atoms with E-state index in [4.69, 9.17) is 10.8 Å². The summed E-state index contributed by atoms with van der Waals surface area (Å²) in [4.78, 5) is 28.0. The lowest BCUT2D eigenvalue weighted by Gasteiger charge is -2.21. The van der Waals surface area contributed by atoms with Gasteiger partial charge < -0.3 is 10.8 Å². The number of nitrogens with two attached hydrogens (primary N) is 1. The Morgan fingerprint density at radius 1 is 1.24 bits per heavy atom. The largest absolute Gasteiger partial charge is 0.480 e. The summed E-state index contributed by atoms with van der Waals surface area (Å²) in [5, 5.41) is 8.96. The molecule has 0 unspecified atom stereocenters. The third-order valence-electron chi connectivity index (χ3n) is 2.71. The van der Waals surface area contributed by atoms with Gasteiger partial charge in [0, 0.05) is 0 Å². The predicted molar refractivity (Wildman–Crippen MR) is 74.4 cm³/mol. The number of carboxylic acid groups (broad SMARTS) is 1. The normalized spacial score (nSPS) is 10.1. The molecule has 108 valence electrons. The van der Waals surface area contributed by atoms with E-state index in [0.717, 1.165) is 17.2 Å². The van der Waals surface area contributed by atoms with Crippen molar-refractivity contribution in [3.63, 3.8) is 0 Å². The maximum absolute atomic E-state index is 12.8. The lowest BCUT2D eigenvalue weighted by Crippen LogP contribution is -2.36. The van der Waals surface area contributed by atoms with Crippen LogP contribution in [0, 0.1) is 5.82 Å². The van der Waals surface area contributed by atoms with Gasteiger partial charge in [-0.05, 0) is 24.3 Å². The molecule has 1 aromatic heterocycles. The minimum atomic E-state index is -1.20. The molecule has 0 fully saturated rings. The summed E-state index contributed by atoms with van der Waals surface area (Å²) in [5.41, 5.74) is 6.22. The van der Waals surface area contributed by atoms with Gasteiger partial charge >= 0.3 is 5.97 Å². The molecule has 1 aromatic carbocycles. The molecule has 0 aliphatic heterocycles. The zero-order valence-electron chi connectivity index (χ0n) is 10.9. The average Bonchev–Trinajstić information content (AvgIpc) is 2.45. The number of aromatic nitrogens is 1. The summed E-state index contributed by atoms with van der Waals surface area (Å²) in [6, 6.07) is 8.64. The summed E-state index contributed by atoms with van der Waals surface area (Å²) in [7, 11) is 0. The fraction of sp³-hybridized carbons (Fsp3) is 0.0714. The number of nitrogen functional groups attached to an aromatic ring is 1. The number of hydrogen-bond acceptors (Lipinski definition) is 4. The number of amides is 1. The number of rotatable bonds is 4. The van der Waals surface area contributed by atoms with Crippen molar-refractivity contribution in [2.45, 2.75) is 0 Å². The minimum absolute atomic E-state index is 0.0686. The summed E-state index contributed by atoms with van der Waals surface area (Å²) < 4.78 is 12.8.